The molecule has 0 saturated carbocycles. The van der Waals surface area contributed by atoms with Gasteiger partial charge in [-0.3, -0.25) is 0 Å². The average molecular weight is 222 g/mol. The first kappa shape index (κ1) is 11.9. The van der Waals surface area contributed by atoms with E-state index in [0.29, 0.717) is 12.3 Å². The van der Waals surface area contributed by atoms with E-state index < -0.39 is 0 Å². The molecule has 0 aromatic rings. The third kappa shape index (κ3) is 2.96. The molecule has 2 aliphatic carbocycles. The minimum Gasteiger partial charge on any atom is -0.212 e. The minimum atomic E-state index is 0.179. The Balaban J connectivity index is 1.83. The summed E-state index contributed by atoms with van der Waals surface area (Å²) in [6.45, 7) is 4.17. The van der Waals surface area contributed by atoms with Crippen molar-refractivity contribution in [1.82, 2.24) is 0 Å². The summed E-state index contributed by atoms with van der Waals surface area (Å²) in [7, 11) is 0. The summed E-state index contributed by atoms with van der Waals surface area (Å²) in [5, 5.41) is 0. The average Bonchev–Trinajstić information content (AvgIpc) is 2.27. The van der Waals surface area contributed by atoms with Crippen LogP contribution in [0.15, 0.2) is 23.0 Å². The summed E-state index contributed by atoms with van der Waals surface area (Å²) in [4.78, 5) is 0. The Kier molecular flexibility index (Phi) is 3.83. The van der Waals surface area contributed by atoms with Crippen molar-refractivity contribution >= 4 is 0 Å². The van der Waals surface area contributed by atoms with Gasteiger partial charge in [-0.1, -0.05) is 11.6 Å². The number of allylic oxidation sites excluding steroid dienone is 4. The lowest BCUT2D eigenvalue weighted by Gasteiger charge is -2.28. The van der Waals surface area contributed by atoms with Gasteiger partial charge in [0.05, 0.1) is 5.83 Å². The van der Waals surface area contributed by atoms with Crippen LogP contribution in [-0.2, 0) is 0 Å². The first-order valence-corrected chi connectivity index (χ1v) is 6.65. The van der Waals surface area contributed by atoms with Crippen molar-refractivity contribution in [2.45, 2.75) is 58.8 Å². The van der Waals surface area contributed by atoms with Crippen LogP contribution < -0.4 is 0 Å². The number of hydrogen-bond acceptors (Lipinski definition) is 0. The third-order valence-corrected chi connectivity index (χ3v) is 4.27. The van der Waals surface area contributed by atoms with E-state index in [1.54, 1.807) is 5.57 Å². The van der Waals surface area contributed by atoms with Crippen LogP contribution in [0.1, 0.15) is 58.8 Å². The van der Waals surface area contributed by atoms with Gasteiger partial charge in [-0.15, -0.1) is 0 Å². The van der Waals surface area contributed by atoms with Crippen LogP contribution in [0.5, 0.6) is 0 Å². The molecular formula is C15H23F. The fourth-order valence-electron chi connectivity index (χ4n) is 2.99. The molecular weight excluding hydrogens is 199 g/mol. The quantitative estimate of drug-likeness (QED) is 0.566. The second-order valence-corrected chi connectivity index (χ2v) is 5.72. The van der Waals surface area contributed by atoms with Crippen LogP contribution in [-0.4, -0.2) is 0 Å². The lowest BCUT2D eigenvalue weighted by molar-refractivity contribution is 0.300. The Bertz CT molecular complexity index is 311. The van der Waals surface area contributed by atoms with E-state index in [4.69, 9.17) is 0 Å². The number of hydrogen-bond donors (Lipinski definition) is 0. The summed E-state index contributed by atoms with van der Waals surface area (Å²) in [6.07, 6.45) is 10.3. The number of rotatable bonds is 2. The highest BCUT2D eigenvalue weighted by Crippen LogP contribution is 2.37. The Morgan fingerprint density at radius 3 is 2.56 bits per heavy atom. The van der Waals surface area contributed by atoms with Crippen molar-refractivity contribution in [3.05, 3.63) is 23.0 Å². The molecule has 0 heterocycles. The monoisotopic (exact) mass is 222 g/mol. The molecule has 0 fully saturated rings. The van der Waals surface area contributed by atoms with Crippen LogP contribution in [0.2, 0.25) is 0 Å². The maximum absolute atomic E-state index is 13.5. The molecule has 1 heteroatoms. The molecule has 2 aliphatic rings. The summed E-state index contributed by atoms with van der Waals surface area (Å²) in [5.41, 5.74) is 2.54. The highest BCUT2D eigenvalue weighted by atomic mass is 19.1. The smallest absolute Gasteiger partial charge is 0.0991 e. The van der Waals surface area contributed by atoms with Crippen molar-refractivity contribution in [2.24, 2.45) is 11.8 Å². The van der Waals surface area contributed by atoms with Gasteiger partial charge in [0.25, 0.3) is 0 Å². The lowest BCUT2D eigenvalue weighted by atomic mass is 9.78. The SMILES string of the molecule is CC1=CCC(CC2CCC(C)=C(F)C2)CC1. The van der Waals surface area contributed by atoms with Gasteiger partial charge in [-0.25, -0.2) is 4.39 Å². The highest BCUT2D eigenvalue weighted by Gasteiger charge is 2.23. The standard InChI is InChI=1S/C15H23F/c1-11-3-6-13(7-4-11)9-14-8-5-12(2)15(16)10-14/h3,13-14H,4-10H2,1-2H3. The fraction of sp³-hybridized carbons (Fsp3) is 0.733. The fourth-order valence-corrected chi connectivity index (χ4v) is 2.99. The minimum absolute atomic E-state index is 0.179. The van der Waals surface area contributed by atoms with E-state index in [2.05, 4.69) is 13.0 Å². The first-order chi connectivity index (χ1) is 7.65. The van der Waals surface area contributed by atoms with Crippen LogP contribution in [0.25, 0.3) is 0 Å². The summed E-state index contributed by atoms with van der Waals surface area (Å²) in [6, 6.07) is 0. The molecule has 0 saturated heterocycles. The Labute approximate surface area is 98.6 Å². The maximum Gasteiger partial charge on any atom is 0.0991 e. The van der Waals surface area contributed by atoms with Crippen molar-refractivity contribution in [1.29, 1.82) is 0 Å². The van der Waals surface area contributed by atoms with Gasteiger partial charge in [-0.05, 0) is 69.8 Å². The first-order valence-electron chi connectivity index (χ1n) is 6.65. The molecule has 0 amide bonds. The molecule has 16 heavy (non-hydrogen) atoms. The molecule has 2 atom stereocenters. The zero-order valence-corrected chi connectivity index (χ0v) is 10.6. The predicted molar refractivity (Wildman–Crippen MR) is 66.9 cm³/mol. The van der Waals surface area contributed by atoms with Crippen molar-refractivity contribution in [2.75, 3.05) is 0 Å². The second kappa shape index (κ2) is 5.16. The van der Waals surface area contributed by atoms with E-state index in [0.717, 1.165) is 17.9 Å². The molecule has 0 aromatic heterocycles. The molecule has 0 nitrogen and oxygen atoms in total. The van der Waals surface area contributed by atoms with E-state index in [1.165, 1.54) is 32.1 Å². The Morgan fingerprint density at radius 2 is 1.94 bits per heavy atom. The second-order valence-electron chi connectivity index (χ2n) is 5.72. The molecule has 0 spiro atoms. The molecule has 0 aromatic carbocycles. The zero-order valence-electron chi connectivity index (χ0n) is 10.6. The molecule has 0 bridgehead atoms. The largest absolute Gasteiger partial charge is 0.212 e. The molecule has 90 valence electrons. The summed E-state index contributed by atoms with van der Waals surface area (Å²) in [5.74, 6) is 1.61. The van der Waals surface area contributed by atoms with E-state index in [1.807, 2.05) is 6.92 Å². The van der Waals surface area contributed by atoms with Crippen molar-refractivity contribution < 1.29 is 4.39 Å². The Hall–Kier alpha value is -0.590. The highest BCUT2D eigenvalue weighted by molar-refractivity contribution is 5.10. The van der Waals surface area contributed by atoms with Crippen LogP contribution in [0.4, 0.5) is 4.39 Å². The third-order valence-electron chi connectivity index (χ3n) is 4.27. The summed E-state index contributed by atoms with van der Waals surface area (Å²) < 4.78 is 13.5. The molecule has 0 aliphatic heterocycles. The Morgan fingerprint density at radius 1 is 1.19 bits per heavy atom. The van der Waals surface area contributed by atoms with Crippen molar-refractivity contribution in [3.8, 4) is 0 Å². The van der Waals surface area contributed by atoms with Crippen LogP contribution in [0, 0.1) is 11.8 Å². The van der Waals surface area contributed by atoms with E-state index in [9.17, 15) is 4.39 Å². The van der Waals surface area contributed by atoms with Gasteiger partial charge in [0.15, 0.2) is 0 Å². The summed E-state index contributed by atoms with van der Waals surface area (Å²) >= 11 is 0. The molecule has 2 unspecified atom stereocenters. The van der Waals surface area contributed by atoms with E-state index >= 15 is 0 Å². The van der Waals surface area contributed by atoms with Gasteiger partial charge < -0.3 is 0 Å². The molecule has 2 rings (SSSR count). The van der Waals surface area contributed by atoms with Crippen LogP contribution >= 0.6 is 0 Å². The van der Waals surface area contributed by atoms with Gasteiger partial charge in [0.1, 0.15) is 0 Å². The predicted octanol–water partition coefficient (Wildman–Crippen LogP) is 5.17. The molecule has 0 radical (unpaired) electrons. The maximum atomic E-state index is 13.5. The molecule has 0 N–H and O–H groups in total. The normalized spacial score (nSPS) is 31.6. The number of halogens is 1. The van der Waals surface area contributed by atoms with Crippen molar-refractivity contribution in [3.63, 3.8) is 0 Å². The zero-order chi connectivity index (χ0) is 11.5. The van der Waals surface area contributed by atoms with Gasteiger partial charge >= 0.3 is 0 Å². The van der Waals surface area contributed by atoms with Crippen LogP contribution in [0.3, 0.4) is 0 Å². The van der Waals surface area contributed by atoms with Gasteiger partial charge in [0, 0.05) is 6.42 Å². The van der Waals surface area contributed by atoms with Gasteiger partial charge in [0.2, 0.25) is 0 Å². The lowest BCUT2D eigenvalue weighted by Crippen LogP contribution is -2.14. The topological polar surface area (TPSA) is 0 Å². The van der Waals surface area contributed by atoms with Gasteiger partial charge in [-0.2, -0.15) is 0 Å². The van der Waals surface area contributed by atoms with E-state index in [-0.39, 0.29) is 5.83 Å².